The second-order valence-corrected chi connectivity index (χ2v) is 14.0. The normalized spacial score (nSPS) is 12.1. The van der Waals surface area contributed by atoms with E-state index in [1.54, 1.807) is 24.3 Å². The molecule has 12 nitrogen and oxygen atoms in total. The molecule has 54 heavy (non-hydrogen) atoms. The average Bonchev–Trinajstić information content (AvgIpc) is 3.14. The summed E-state index contributed by atoms with van der Waals surface area (Å²) in [5.74, 6) is 0.186. The van der Waals surface area contributed by atoms with E-state index in [4.69, 9.17) is 21.1 Å². The number of methoxy groups -OCH3 is 1. The first kappa shape index (κ1) is 39.8. The van der Waals surface area contributed by atoms with Crippen LogP contribution in [0.5, 0.6) is 11.5 Å². The number of phenols is 1. The van der Waals surface area contributed by atoms with Gasteiger partial charge in [-0.1, -0.05) is 66.2 Å². The van der Waals surface area contributed by atoms with Crippen LogP contribution >= 0.6 is 11.6 Å². The molecule has 0 aliphatic rings. The first-order chi connectivity index (χ1) is 25.8. The molecule has 1 aromatic heterocycles. The fourth-order valence-electron chi connectivity index (χ4n) is 6.00. The van der Waals surface area contributed by atoms with E-state index in [1.807, 2.05) is 80.4 Å². The number of aliphatic hydroxyl groups excluding tert-OH is 1. The van der Waals surface area contributed by atoms with E-state index >= 15 is 0 Å². The number of aromatic hydroxyl groups is 1. The highest BCUT2D eigenvalue weighted by atomic mass is 35.5. The maximum Gasteiger partial charge on any atom is 0.412 e. The number of fused-ring (bicyclic) bond motifs is 1. The summed E-state index contributed by atoms with van der Waals surface area (Å²) in [6, 6.07) is 26.7. The zero-order valence-corrected chi connectivity index (χ0v) is 31.5. The molecular weight excluding hydrogens is 710 g/mol. The van der Waals surface area contributed by atoms with E-state index in [0.717, 1.165) is 11.1 Å². The number of hydrogen-bond acceptors (Lipinski definition) is 9. The van der Waals surface area contributed by atoms with Crippen LogP contribution in [0.25, 0.3) is 22.0 Å². The lowest BCUT2D eigenvalue weighted by atomic mass is 10.0. The number of hydrogen-bond donors (Lipinski definition) is 6. The van der Waals surface area contributed by atoms with Gasteiger partial charge in [-0.15, -0.1) is 0 Å². The first-order valence-corrected chi connectivity index (χ1v) is 17.9. The van der Waals surface area contributed by atoms with Crippen LogP contribution < -0.4 is 26.2 Å². The second kappa shape index (κ2) is 18.1. The number of para-hydroxylation sites is 1. The number of aromatic nitrogens is 1. The van der Waals surface area contributed by atoms with Gasteiger partial charge in [0.15, 0.2) is 0 Å². The van der Waals surface area contributed by atoms with Crippen LogP contribution in [-0.2, 0) is 16.1 Å². The maximum atomic E-state index is 12.9. The molecule has 1 atom stereocenters. The van der Waals surface area contributed by atoms with Crippen LogP contribution in [0, 0.1) is 0 Å². The van der Waals surface area contributed by atoms with Gasteiger partial charge in [-0.3, -0.25) is 14.9 Å². The van der Waals surface area contributed by atoms with Crippen molar-refractivity contribution in [3.8, 4) is 22.6 Å². The van der Waals surface area contributed by atoms with Gasteiger partial charge in [-0.2, -0.15) is 0 Å². The largest absolute Gasteiger partial charge is 0.506 e. The van der Waals surface area contributed by atoms with Gasteiger partial charge in [0, 0.05) is 61.2 Å². The molecular formula is C41H46ClN5O7. The molecule has 0 bridgehead atoms. The molecule has 284 valence electrons. The Labute approximate surface area is 319 Å². The van der Waals surface area contributed by atoms with Crippen LogP contribution in [0.4, 0.5) is 16.2 Å². The van der Waals surface area contributed by atoms with Crippen molar-refractivity contribution < 1.29 is 29.3 Å². The number of H-pyrrole nitrogens is 1. The van der Waals surface area contributed by atoms with Gasteiger partial charge in [0.2, 0.25) is 11.5 Å². The molecule has 0 radical (unpaired) electrons. The lowest BCUT2D eigenvalue weighted by molar-refractivity contribution is -0.116. The number of ether oxygens (including phenoxy) is 2. The average molecular weight is 756 g/mol. The van der Waals surface area contributed by atoms with Crippen LogP contribution in [0.3, 0.4) is 0 Å². The van der Waals surface area contributed by atoms with E-state index in [-0.39, 0.29) is 35.7 Å². The molecule has 4 aromatic carbocycles. The Morgan fingerprint density at radius 2 is 1.69 bits per heavy atom. The molecule has 1 heterocycles. The quantitative estimate of drug-likeness (QED) is 0.0618. The number of aromatic amines is 1. The van der Waals surface area contributed by atoms with Gasteiger partial charge >= 0.3 is 6.09 Å². The number of nitrogens with zero attached hydrogens (tertiary/aromatic N) is 1. The molecule has 0 spiro atoms. The minimum absolute atomic E-state index is 0.0833. The molecule has 0 aliphatic carbocycles. The van der Waals surface area contributed by atoms with E-state index in [1.165, 1.54) is 19.2 Å². The minimum Gasteiger partial charge on any atom is -0.506 e. The lowest BCUT2D eigenvalue weighted by Crippen LogP contribution is -2.35. The summed E-state index contributed by atoms with van der Waals surface area (Å²) in [7, 11) is 3.42. The van der Waals surface area contributed by atoms with Crippen LogP contribution in [0.1, 0.15) is 43.9 Å². The third-order valence-electron chi connectivity index (χ3n) is 9.00. The number of aliphatic hydroxyl groups is 1. The summed E-state index contributed by atoms with van der Waals surface area (Å²) < 4.78 is 11.4. The Hall–Kier alpha value is -5.40. The third kappa shape index (κ3) is 10.6. The zero-order valence-electron chi connectivity index (χ0n) is 30.7. The standard InChI is InChI=1S/C41H46ClN5O7/c1-41(2,54-40(52)45-32-13-9-8-12-28(32)26-10-6-5-7-11-26)19-21-47(3)20-18-38(51)44-33-23-36(53-4)27(22-31(33)42)24-43-25-35(49)29-14-16-34(48)39-30(29)15-17-37(50)46-39/h5-17,22-23,35,43,48-49H,18-21,24-25H2,1-4H3,(H,44,51)(H,45,52)(H,46,50). The monoisotopic (exact) mass is 755 g/mol. The SMILES string of the molecule is COc1cc(NC(=O)CCN(C)CCC(C)(C)OC(=O)Nc2ccccc2-c2ccccc2)c(Cl)cc1CNCC(O)c1ccc(O)c2[nH]c(=O)ccc12. The molecule has 0 fully saturated rings. The Balaban J connectivity index is 1.07. The van der Waals surface area contributed by atoms with Gasteiger partial charge in [-0.05, 0) is 62.7 Å². The first-order valence-electron chi connectivity index (χ1n) is 17.6. The number of halogens is 1. The highest BCUT2D eigenvalue weighted by Crippen LogP contribution is 2.33. The Bertz CT molecular complexity index is 2140. The van der Waals surface area contributed by atoms with Gasteiger partial charge in [0.25, 0.3) is 0 Å². The number of amides is 2. The number of carbonyl (C=O) groups is 2. The highest BCUT2D eigenvalue weighted by molar-refractivity contribution is 6.33. The smallest absolute Gasteiger partial charge is 0.412 e. The molecule has 0 saturated heterocycles. The predicted octanol–water partition coefficient (Wildman–Crippen LogP) is 7.06. The number of phenolic OH excluding ortho intramolecular Hbond substituents is 1. The van der Waals surface area contributed by atoms with Gasteiger partial charge < -0.3 is 40.2 Å². The van der Waals surface area contributed by atoms with Crippen molar-refractivity contribution in [2.45, 2.75) is 44.9 Å². The van der Waals surface area contributed by atoms with Crippen molar-refractivity contribution in [2.75, 3.05) is 44.4 Å². The molecule has 6 N–H and O–H groups in total. The van der Waals surface area contributed by atoms with Crippen molar-refractivity contribution in [1.82, 2.24) is 15.2 Å². The third-order valence-corrected chi connectivity index (χ3v) is 9.31. The van der Waals surface area contributed by atoms with Crippen molar-refractivity contribution in [1.29, 1.82) is 0 Å². The number of rotatable bonds is 16. The van der Waals surface area contributed by atoms with Crippen molar-refractivity contribution in [3.63, 3.8) is 0 Å². The van der Waals surface area contributed by atoms with E-state index in [2.05, 4.69) is 20.9 Å². The summed E-state index contributed by atoms with van der Waals surface area (Å²) in [4.78, 5) is 42.1. The number of benzene rings is 4. The topological polar surface area (TPSA) is 165 Å². The van der Waals surface area contributed by atoms with Gasteiger partial charge in [0.1, 0.15) is 17.1 Å². The zero-order chi connectivity index (χ0) is 38.8. The molecule has 2 amide bonds. The number of pyridine rings is 1. The number of carbonyl (C=O) groups excluding carboxylic acids is 2. The Morgan fingerprint density at radius 3 is 2.44 bits per heavy atom. The highest BCUT2D eigenvalue weighted by Gasteiger charge is 2.24. The number of nitrogens with one attached hydrogen (secondary N) is 4. The summed E-state index contributed by atoms with van der Waals surface area (Å²) in [6.45, 7) is 5.22. The summed E-state index contributed by atoms with van der Waals surface area (Å²) in [5.41, 5.74) is 3.35. The lowest BCUT2D eigenvalue weighted by Gasteiger charge is -2.28. The van der Waals surface area contributed by atoms with Crippen molar-refractivity contribution in [2.24, 2.45) is 0 Å². The van der Waals surface area contributed by atoms with Crippen molar-refractivity contribution in [3.05, 3.63) is 117 Å². The van der Waals surface area contributed by atoms with E-state index in [0.29, 0.717) is 64.7 Å². The fraction of sp³-hybridized carbons (Fsp3) is 0.293. The van der Waals surface area contributed by atoms with E-state index in [9.17, 15) is 24.6 Å². The maximum absolute atomic E-state index is 12.9. The van der Waals surface area contributed by atoms with Gasteiger partial charge in [0.05, 0.1) is 35.1 Å². The Morgan fingerprint density at radius 1 is 0.944 bits per heavy atom. The van der Waals surface area contributed by atoms with Crippen LogP contribution in [0.15, 0.2) is 95.8 Å². The van der Waals surface area contributed by atoms with Crippen molar-refractivity contribution >= 4 is 45.9 Å². The molecule has 5 rings (SSSR count). The molecule has 0 saturated carbocycles. The van der Waals surface area contributed by atoms with Crippen LogP contribution in [-0.4, -0.2) is 71.5 Å². The van der Waals surface area contributed by atoms with Gasteiger partial charge in [-0.25, -0.2) is 4.79 Å². The van der Waals surface area contributed by atoms with Crippen LogP contribution in [0.2, 0.25) is 5.02 Å². The molecule has 1 unspecified atom stereocenters. The molecule has 0 aliphatic heterocycles. The summed E-state index contributed by atoms with van der Waals surface area (Å²) >= 11 is 6.57. The minimum atomic E-state index is -0.941. The second-order valence-electron chi connectivity index (χ2n) is 13.6. The molecule has 13 heteroatoms. The summed E-state index contributed by atoms with van der Waals surface area (Å²) in [5, 5.41) is 30.8. The Kier molecular flexibility index (Phi) is 13.3. The summed E-state index contributed by atoms with van der Waals surface area (Å²) in [6.07, 6.45) is -0.738. The number of anilines is 2. The van der Waals surface area contributed by atoms with E-state index < -0.39 is 17.8 Å². The predicted molar refractivity (Wildman–Crippen MR) is 212 cm³/mol. The fourth-order valence-corrected chi connectivity index (χ4v) is 6.23. The molecule has 5 aromatic rings.